The van der Waals surface area contributed by atoms with Crippen LogP contribution < -0.4 is 9.62 Å². The van der Waals surface area contributed by atoms with Gasteiger partial charge in [-0.25, -0.2) is 8.42 Å². The van der Waals surface area contributed by atoms with Gasteiger partial charge < -0.3 is 4.42 Å². The minimum atomic E-state index is -3.78. The summed E-state index contributed by atoms with van der Waals surface area (Å²) in [6.45, 7) is 2.04. The number of hydrogen-bond donors (Lipinski definition) is 1. The fourth-order valence-corrected chi connectivity index (χ4v) is 5.34. The van der Waals surface area contributed by atoms with Crippen molar-refractivity contribution >= 4 is 39.4 Å². The molecule has 0 spiro atoms. The Kier molecular flexibility index (Phi) is 7.52. The van der Waals surface area contributed by atoms with Gasteiger partial charge in [0.15, 0.2) is 0 Å². The van der Waals surface area contributed by atoms with Crippen molar-refractivity contribution in [2.75, 3.05) is 22.4 Å². The van der Waals surface area contributed by atoms with Crippen molar-refractivity contribution in [1.29, 1.82) is 0 Å². The molecule has 1 heterocycles. The van der Waals surface area contributed by atoms with E-state index in [1.165, 1.54) is 28.6 Å². The molecule has 0 bridgehead atoms. The van der Waals surface area contributed by atoms with E-state index >= 15 is 0 Å². The molecule has 1 amide bonds. The topological polar surface area (TPSA) is 105 Å². The molecule has 0 unspecified atom stereocenters. The number of carbonyl (C=O) groups is 1. The molecule has 4 rings (SSSR count). The maximum atomic E-state index is 13.1. The Morgan fingerprint density at radius 3 is 2.29 bits per heavy atom. The predicted molar refractivity (Wildman–Crippen MR) is 136 cm³/mol. The molecule has 1 aromatic heterocycles. The zero-order valence-corrected chi connectivity index (χ0v) is 20.8. The normalized spacial score (nSPS) is 11.3. The standard InChI is InChI=1S/C25H24N4O4S2/c1-3-29(20-7-5-4-6-8-20)35(31,32)22-15-11-19(12-16-22)24(30)26-25-28-27-23(33-25)17-18-9-13-21(34-2)14-10-18/h4-16H,3,17H2,1-2H3,(H,26,28,30). The van der Waals surface area contributed by atoms with Crippen LogP contribution in [0, 0.1) is 0 Å². The Morgan fingerprint density at radius 2 is 1.66 bits per heavy atom. The van der Waals surface area contributed by atoms with Crippen molar-refractivity contribution < 1.29 is 17.6 Å². The number of para-hydroxylation sites is 1. The number of nitrogens with one attached hydrogen (secondary N) is 1. The summed E-state index contributed by atoms with van der Waals surface area (Å²) in [5.74, 6) is -0.108. The number of aromatic nitrogens is 2. The molecule has 35 heavy (non-hydrogen) atoms. The highest BCUT2D eigenvalue weighted by Gasteiger charge is 2.24. The van der Waals surface area contributed by atoms with E-state index in [1.807, 2.05) is 36.6 Å². The van der Waals surface area contributed by atoms with Crippen LogP contribution in [-0.2, 0) is 16.4 Å². The van der Waals surface area contributed by atoms with Crippen molar-refractivity contribution in [2.24, 2.45) is 0 Å². The Hall–Kier alpha value is -3.63. The highest BCUT2D eigenvalue weighted by molar-refractivity contribution is 7.98. The molecule has 0 saturated heterocycles. The number of amides is 1. The van der Waals surface area contributed by atoms with Crippen molar-refractivity contribution in [2.45, 2.75) is 23.1 Å². The molecule has 0 atom stereocenters. The van der Waals surface area contributed by atoms with E-state index in [0.29, 0.717) is 18.0 Å². The summed E-state index contributed by atoms with van der Waals surface area (Å²) < 4.78 is 33.1. The minimum Gasteiger partial charge on any atom is -0.407 e. The van der Waals surface area contributed by atoms with E-state index < -0.39 is 15.9 Å². The Labute approximate surface area is 208 Å². The van der Waals surface area contributed by atoms with Crippen LogP contribution in [0.25, 0.3) is 0 Å². The first kappa shape index (κ1) is 24.5. The van der Waals surface area contributed by atoms with Crippen LogP contribution in [-0.4, -0.2) is 37.3 Å². The van der Waals surface area contributed by atoms with Crippen LogP contribution in [0.15, 0.2) is 93.1 Å². The molecule has 0 aliphatic carbocycles. The monoisotopic (exact) mass is 508 g/mol. The predicted octanol–water partition coefficient (Wildman–Crippen LogP) is 4.85. The summed E-state index contributed by atoms with van der Waals surface area (Å²) in [6.07, 6.45) is 2.46. The summed E-state index contributed by atoms with van der Waals surface area (Å²) in [7, 11) is -3.78. The van der Waals surface area contributed by atoms with Gasteiger partial charge >= 0.3 is 6.01 Å². The fourth-order valence-electron chi connectivity index (χ4n) is 3.45. The smallest absolute Gasteiger partial charge is 0.322 e. The molecule has 4 aromatic rings. The molecule has 0 aliphatic rings. The van der Waals surface area contributed by atoms with Gasteiger partial charge in [0.1, 0.15) is 0 Å². The van der Waals surface area contributed by atoms with Gasteiger partial charge in [0.05, 0.1) is 17.0 Å². The van der Waals surface area contributed by atoms with Gasteiger partial charge in [-0.15, -0.1) is 16.9 Å². The van der Waals surface area contributed by atoms with Crippen LogP contribution in [0.3, 0.4) is 0 Å². The van der Waals surface area contributed by atoms with Crippen molar-refractivity contribution in [1.82, 2.24) is 10.2 Å². The van der Waals surface area contributed by atoms with Crippen LogP contribution in [0.5, 0.6) is 0 Å². The third-order valence-electron chi connectivity index (χ3n) is 5.24. The summed E-state index contributed by atoms with van der Waals surface area (Å²) >= 11 is 1.66. The van der Waals surface area contributed by atoms with Gasteiger partial charge in [-0.2, -0.15) is 0 Å². The number of nitrogens with zero attached hydrogens (tertiary/aromatic N) is 3. The van der Waals surface area contributed by atoms with Gasteiger partial charge in [0.25, 0.3) is 15.9 Å². The molecule has 0 fully saturated rings. The van der Waals surface area contributed by atoms with Crippen LogP contribution in [0.1, 0.15) is 28.7 Å². The lowest BCUT2D eigenvalue weighted by molar-refractivity contribution is 0.102. The quantitative estimate of drug-likeness (QED) is 0.322. The second-order valence-corrected chi connectivity index (χ2v) is 10.3. The van der Waals surface area contributed by atoms with E-state index in [4.69, 9.17) is 4.42 Å². The zero-order chi connectivity index (χ0) is 24.8. The SMILES string of the molecule is CCN(c1ccccc1)S(=O)(=O)c1ccc(C(=O)Nc2nnc(Cc3ccc(SC)cc3)o2)cc1. The third-order valence-corrected chi connectivity index (χ3v) is 7.90. The second kappa shape index (κ2) is 10.7. The Bertz CT molecular complexity index is 1390. The van der Waals surface area contributed by atoms with E-state index in [1.54, 1.807) is 43.0 Å². The second-order valence-electron chi connectivity index (χ2n) is 7.51. The highest BCUT2D eigenvalue weighted by Crippen LogP contribution is 2.24. The van der Waals surface area contributed by atoms with E-state index in [2.05, 4.69) is 15.5 Å². The molecule has 1 N–H and O–H groups in total. The first-order chi connectivity index (χ1) is 16.9. The van der Waals surface area contributed by atoms with Gasteiger partial charge in [0.2, 0.25) is 5.89 Å². The summed E-state index contributed by atoms with van der Waals surface area (Å²) in [5.41, 5.74) is 1.85. The average Bonchev–Trinajstić information content (AvgIpc) is 3.32. The number of sulfonamides is 1. The lowest BCUT2D eigenvalue weighted by Crippen LogP contribution is -2.30. The largest absolute Gasteiger partial charge is 0.407 e. The number of hydrogen-bond acceptors (Lipinski definition) is 7. The summed E-state index contributed by atoms with van der Waals surface area (Å²) in [6, 6.07) is 22.6. The number of thioether (sulfide) groups is 1. The minimum absolute atomic E-state index is 0.0244. The molecular formula is C25H24N4O4S2. The van der Waals surface area contributed by atoms with Crippen LogP contribution in [0.4, 0.5) is 11.7 Å². The van der Waals surface area contributed by atoms with Gasteiger partial charge in [-0.05, 0) is 67.3 Å². The first-order valence-corrected chi connectivity index (χ1v) is 13.5. The molecule has 180 valence electrons. The summed E-state index contributed by atoms with van der Waals surface area (Å²) in [5, 5.41) is 10.4. The molecule has 3 aromatic carbocycles. The van der Waals surface area contributed by atoms with E-state index in [9.17, 15) is 13.2 Å². The number of carbonyl (C=O) groups excluding carboxylic acids is 1. The maximum Gasteiger partial charge on any atom is 0.322 e. The van der Waals surface area contributed by atoms with Gasteiger partial charge in [0, 0.05) is 17.0 Å². The average molecular weight is 509 g/mol. The van der Waals surface area contributed by atoms with Crippen molar-refractivity contribution in [3.05, 3.63) is 95.9 Å². The Morgan fingerprint density at radius 1 is 0.971 bits per heavy atom. The van der Waals surface area contributed by atoms with Crippen molar-refractivity contribution in [3.8, 4) is 0 Å². The maximum absolute atomic E-state index is 13.1. The fraction of sp³-hybridized carbons (Fsp3) is 0.160. The molecule has 10 heteroatoms. The van der Waals surface area contributed by atoms with Crippen LogP contribution in [0.2, 0.25) is 0 Å². The lowest BCUT2D eigenvalue weighted by atomic mass is 10.1. The highest BCUT2D eigenvalue weighted by atomic mass is 32.2. The van der Waals surface area contributed by atoms with E-state index in [0.717, 1.165) is 10.5 Å². The van der Waals surface area contributed by atoms with Crippen molar-refractivity contribution in [3.63, 3.8) is 0 Å². The third kappa shape index (κ3) is 5.72. The lowest BCUT2D eigenvalue weighted by Gasteiger charge is -2.22. The van der Waals surface area contributed by atoms with Gasteiger partial charge in [-0.3, -0.25) is 14.4 Å². The number of benzene rings is 3. The molecule has 0 aliphatic heterocycles. The van der Waals surface area contributed by atoms with Crippen LogP contribution >= 0.6 is 11.8 Å². The number of rotatable bonds is 9. The molecule has 8 nitrogen and oxygen atoms in total. The zero-order valence-electron chi connectivity index (χ0n) is 19.2. The van der Waals surface area contributed by atoms with E-state index in [-0.39, 0.29) is 23.0 Å². The molecule has 0 radical (unpaired) electrons. The summed E-state index contributed by atoms with van der Waals surface area (Å²) in [4.78, 5) is 13.9. The Balaban J connectivity index is 1.43. The first-order valence-electron chi connectivity index (χ1n) is 10.8. The molecule has 0 saturated carbocycles. The molecular weight excluding hydrogens is 484 g/mol. The van der Waals surface area contributed by atoms with Gasteiger partial charge in [-0.1, -0.05) is 35.4 Å². The number of anilines is 2.